The third-order valence-corrected chi connectivity index (χ3v) is 4.29. The maximum Gasteiger partial charge on any atom is 0.257 e. The zero-order valence-corrected chi connectivity index (χ0v) is 14.9. The average Bonchev–Trinajstić information content (AvgIpc) is 3.03. The fourth-order valence-corrected chi connectivity index (χ4v) is 2.99. The number of carbonyl (C=O) groups is 1. The maximum absolute atomic E-state index is 12.4. The molecular formula is C19H15Cl2NO3. The van der Waals surface area contributed by atoms with E-state index in [1.54, 1.807) is 30.3 Å². The monoisotopic (exact) mass is 375 g/mol. The van der Waals surface area contributed by atoms with E-state index < -0.39 is 0 Å². The summed E-state index contributed by atoms with van der Waals surface area (Å²) in [6, 6.07) is 13.7. The summed E-state index contributed by atoms with van der Waals surface area (Å²) in [7, 11) is 0. The molecule has 6 heteroatoms. The molecule has 0 atom stereocenters. The molecule has 0 aliphatic carbocycles. The van der Waals surface area contributed by atoms with Gasteiger partial charge in [0, 0.05) is 16.3 Å². The number of rotatable bonds is 4. The summed E-state index contributed by atoms with van der Waals surface area (Å²) in [5.41, 5.74) is 2.82. The van der Waals surface area contributed by atoms with Crippen LogP contribution in [0.5, 0.6) is 0 Å². The molecule has 0 saturated carbocycles. The molecule has 1 aromatic heterocycles. The van der Waals surface area contributed by atoms with Gasteiger partial charge >= 0.3 is 0 Å². The van der Waals surface area contributed by atoms with Crippen LogP contribution in [0, 0.1) is 6.92 Å². The number of aryl methyl sites for hydroxylation is 1. The molecule has 4 nitrogen and oxygen atoms in total. The van der Waals surface area contributed by atoms with Crippen molar-refractivity contribution in [3.8, 4) is 11.3 Å². The number of furan rings is 1. The molecule has 3 rings (SSSR count). The van der Waals surface area contributed by atoms with Gasteiger partial charge in [-0.15, -0.1) is 0 Å². The van der Waals surface area contributed by atoms with Crippen LogP contribution in [0.1, 0.15) is 21.7 Å². The van der Waals surface area contributed by atoms with Gasteiger partial charge in [-0.25, -0.2) is 0 Å². The van der Waals surface area contributed by atoms with Crippen molar-refractivity contribution in [2.45, 2.75) is 13.5 Å². The molecule has 25 heavy (non-hydrogen) atoms. The van der Waals surface area contributed by atoms with Gasteiger partial charge in [-0.3, -0.25) is 4.79 Å². The van der Waals surface area contributed by atoms with Crippen LogP contribution < -0.4 is 5.32 Å². The Balaban J connectivity index is 1.82. The zero-order chi connectivity index (χ0) is 18.0. The van der Waals surface area contributed by atoms with E-state index in [4.69, 9.17) is 32.7 Å². The van der Waals surface area contributed by atoms with Crippen molar-refractivity contribution < 1.29 is 14.3 Å². The molecule has 0 unspecified atom stereocenters. The first-order valence-electron chi connectivity index (χ1n) is 7.55. The van der Waals surface area contributed by atoms with Crippen LogP contribution in [-0.2, 0) is 6.61 Å². The Morgan fingerprint density at radius 2 is 1.92 bits per heavy atom. The number of halogens is 2. The first-order valence-corrected chi connectivity index (χ1v) is 8.30. The normalized spacial score (nSPS) is 10.7. The van der Waals surface area contributed by atoms with E-state index in [9.17, 15) is 4.79 Å². The van der Waals surface area contributed by atoms with Gasteiger partial charge in [-0.2, -0.15) is 0 Å². The second-order valence-electron chi connectivity index (χ2n) is 5.53. The molecule has 0 aliphatic rings. The fourth-order valence-electron chi connectivity index (χ4n) is 2.50. The summed E-state index contributed by atoms with van der Waals surface area (Å²) in [5.74, 6) is 0.860. The molecule has 0 saturated heterocycles. The zero-order valence-electron chi connectivity index (χ0n) is 13.3. The van der Waals surface area contributed by atoms with Crippen LogP contribution in [-0.4, -0.2) is 11.0 Å². The highest BCUT2D eigenvalue weighted by Gasteiger charge is 2.13. The highest BCUT2D eigenvalue weighted by atomic mass is 35.5. The lowest BCUT2D eigenvalue weighted by Gasteiger charge is -2.10. The predicted molar refractivity (Wildman–Crippen MR) is 99.2 cm³/mol. The molecule has 0 radical (unpaired) electrons. The number of hydrogen-bond donors (Lipinski definition) is 2. The Bertz CT molecular complexity index is 934. The van der Waals surface area contributed by atoms with Crippen LogP contribution in [0.2, 0.25) is 10.0 Å². The number of nitrogens with one attached hydrogen (secondary N) is 1. The SMILES string of the molecule is Cc1cc(NC(=O)c2ccc(Cl)cc2Cl)ccc1-c1ccc(CO)o1. The number of aliphatic hydroxyl groups excluding tert-OH is 1. The molecule has 1 amide bonds. The van der Waals surface area contributed by atoms with Crippen LogP contribution in [0.25, 0.3) is 11.3 Å². The first kappa shape index (κ1) is 17.5. The van der Waals surface area contributed by atoms with Crippen molar-refractivity contribution in [1.82, 2.24) is 0 Å². The molecule has 0 spiro atoms. The Labute approximate surface area is 155 Å². The van der Waals surface area contributed by atoms with E-state index in [2.05, 4.69) is 5.32 Å². The number of carbonyl (C=O) groups excluding carboxylic acids is 1. The van der Waals surface area contributed by atoms with Gasteiger partial charge in [-0.05, 0) is 61.0 Å². The lowest BCUT2D eigenvalue weighted by Crippen LogP contribution is -2.12. The van der Waals surface area contributed by atoms with E-state index >= 15 is 0 Å². The minimum atomic E-state index is -0.311. The minimum absolute atomic E-state index is 0.144. The third-order valence-electron chi connectivity index (χ3n) is 3.74. The van der Waals surface area contributed by atoms with E-state index in [1.165, 1.54) is 6.07 Å². The standard InChI is InChI=1S/C19H15Cl2NO3/c1-11-8-13(3-6-15(11)18-7-4-14(10-23)25-18)22-19(24)16-5-2-12(20)9-17(16)21/h2-9,23H,10H2,1H3,(H,22,24). The number of aliphatic hydroxyl groups is 1. The molecule has 2 aromatic carbocycles. The van der Waals surface area contributed by atoms with E-state index in [1.807, 2.05) is 19.1 Å². The summed E-state index contributed by atoms with van der Waals surface area (Å²) in [5, 5.41) is 12.7. The summed E-state index contributed by atoms with van der Waals surface area (Å²) >= 11 is 11.9. The van der Waals surface area contributed by atoms with Gasteiger partial charge < -0.3 is 14.8 Å². The Morgan fingerprint density at radius 3 is 2.56 bits per heavy atom. The molecule has 128 valence electrons. The molecule has 3 aromatic rings. The molecule has 0 fully saturated rings. The van der Waals surface area contributed by atoms with Gasteiger partial charge in [-0.1, -0.05) is 23.2 Å². The maximum atomic E-state index is 12.4. The summed E-state index contributed by atoms with van der Waals surface area (Å²) in [6.07, 6.45) is 0. The molecule has 0 bridgehead atoms. The van der Waals surface area contributed by atoms with Crippen molar-refractivity contribution in [2.24, 2.45) is 0 Å². The van der Waals surface area contributed by atoms with Crippen molar-refractivity contribution in [3.63, 3.8) is 0 Å². The van der Waals surface area contributed by atoms with Crippen molar-refractivity contribution in [2.75, 3.05) is 5.32 Å². The topological polar surface area (TPSA) is 62.5 Å². The van der Waals surface area contributed by atoms with Gasteiger partial charge in [0.05, 0.1) is 10.6 Å². The van der Waals surface area contributed by atoms with Crippen molar-refractivity contribution in [3.05, 3.63) is 75.5 Å². The lowest BCUT2D eigenvalue weighted by atomic mass is 10.1. The van der Waals surface area contributed by atoms with Crippen LogP contribution in [0.15, 0.2) is 52.9 Å². The van der Waals surface area contributed by atoms with E-state index in [0.29, 0.717) is 32.8 Å². The second kappa shape index (κ2) is 7.31. The molecule has 0 aliphatic heterocycles. The number of anilines is 1. The van der Waals surface area contributed by atoms with Crippen molar-refractivity contribution in [1.29, 1.82) is 0 Å². The summed E-state index contributed by atoms with van der Waals surface area (Å²) in [6.45, 7) is 1.77. The number of benzene rings is 2. The molecule has 1 heterocycles. The number of amides is 1. The summed E-state index contributed by atoms with van der Waals surface area (Å²) in [4.78, 5) is 12.4. The van der Waals surface area contributed by atoms with E-state index in [-0.39, 0.29) is 12.5 Å². The van der Waals surface area contributed by atoms with Crippen LogP contribution in [0.3, 0.4) is 0 Å². The quantitative estimate of drug-likeness (QED) is 0.649. The number of hydrogen-bond acceptors (Lipinski definition) is 3. The Hall–Kier alpha value is -2.27. The van der Waals surface area contributed by atoms with Gasteiger partial charge in [0.1, 0.15) is 18.1 Å². The van der Waals surface area contributed by atoms with Gasteiger partial charge in [0.25, 0.3) is 5.91 Å². The Kier molecular flexibility index (Phi) is 5.13. The highest BCUT2D eigenvalue weighted by molar-refractivity contribution is 6.37. The van der Waals surface area contributed by atoms with Crippen molar-refractivity contribution >= 4 is 34.8 Å². The molecule has 2 N–H and O–H groups in total. The summed E-state index contributed by atoms with van der Waals surface area (Å²) < 4.78 is 5.55. The fraction of sp³-hybridized carbons (Fsp3) is 0.105. The van der Waals surface area contributed by atoms with Crippen LogP contribution in [0.4, 0.5) is 5.69 Å². The van der Waals surface area contributed by atoms with Crippen LogP contribution >= 0.6 is 23.2 Å². The van der Waals surface area contributed by atoms with Gasteiger partial charge in [0.2, 0.25) is 0 Å². The first-order chi connectivity index (χ1) is 12.0. The molecular weight excluding hydrogens is 361 g/mol. The predicted octanol–water partition coefficient (Wildman–Crippen LogP) is 5.31. The lowest BCUT2D eigenvalue weighted by molar-refractivity contribution is 0.102. The second-order valence-corrected chi connectivity index (χ2v) is 6.38. The Morgan fingerprint density at radius 1 is 1.12 bits per heavy atom. The third kappa shape index (κ3) is 3.87. The van der Waals surface area contributed by atoms with E-state index in [0.717, 1.165) is 11.1 Å². The average molecular weight is 376 g/mol. The largest absolute Gasteiger partial charge is 0.459 e. The minimum Gasteiger partial charge on any atom is -0.459 e. The van der Waals surface area contributed by atoms with Gasteiger partial charge in [0.15, 0.2) is 0 Å². The smallest absolute Gasteiger partial charge is 0.257 e. The highest BCUT2D eigenvalue weighted by Crippen LogP contribution is 2.28.